The predicted octanol–water partition coefficient (Wildman–Crippen LogP) is 5.27. The van der Waals surface area contributed by atoms with Crippen LogP contribution in [0.3, 0.4) is 0 Å². The van der Waals surface area contributed by atoms with Gasteiger partial charge in [0.2, 0.25) is 5.91 Å². The van der Waals surface area contributed by atoms with E-state index in [1.165, 1.54) is 10.9 Å². The van der Waals surface area contributed by atoms with E-state index < -0.39 is 0 Å². The molecule has 0 saturated heterocycles. The van der Waals surface area contributed by atoms with Crippen LogP contribution in [0.25, 0.3) is 10.8 Å². The number of amides is 1. The van der Waals surface area contributed by atoms with E-state index in [2.05, 4.69) is 48.6 Å². The molecular weight excluding hydrogens is 302 g/mol. The lowest BCUT2D eigenvalue weighted by Crippen LogP contribution is -2.22. The van der Waals surface area contributed by atoms with Crippen molar-refractivity contribution in [1.29, 1.82) is 0 Å². The van der Waals surface area contributed by atoms with E-state index in [0.717, 1.165) is 16.0 Å². The highest BCUT2D eigenvalue weighted by Crippen LogP contribution is 2.25. The third kappa shape index (κ3) is 3.93. The fourth-order valence-electron chi connectivity index (χ4n) is 2.39. The molecule has 0 aliphatic carbocycles. The molecule has 0 aromatic heterocycles. The van der Waals surface area contributed by atoms with Crippen molar-refractivity contribution >= 4 is 34.1 Å². The van der Waals surface area contributed by atoms with E-state index in [-0.39, 0.29) is 11.2 Å². The lowest BCUT2D eigenvalue weighted by atomic mass is 10.1. The number of aryl methyl sites for hydroxylation is 1. The Balaban J connectivity index is 1.68. The fraction of sp³-hybridized carbons (Fsp3) is 0.150. The monoisotopic (exact) mass is 321 g/mol. The van der Waals surface area contributed by atoms with Crippen molar-refractivity contribution in [2.45, 2.75) is 24.0 Å². The van der Waals surface area contributed by atoms with Crippen LogP contribution < -0.4 is 5.32 Å². The Hall–Kier alpha value is -2.26. The summed E-state index contributed by atoms with van der Waals surface area (Å²) in [6.45, 7) is 3.99. The van der Waals surface area contributed by atoms with E-state index in [0.29, 0.717) is 0 Å². The Morgan fingerprint density at radius 2 is 1.65 bits per heavy atom. The Kier molecular flexibility index (Phi) is 4.68. The first-order chi connectivity index (χ1) is 11.1. The quantitative estimate of drug-likeness (QED) is 0.663. The molecule has 3 aromatic rings. The number of hydrogen-bond acceptors (Lipinski definition) is 2. The molecule has 1 N–H and O–H groups in total. The van der Waals surface area contributed by atoms with E-state index in [1.54, 1.807) is 11.8 Å². The molecule has 0 fully saturated rings. The summed E-state index contributed by atoms with van der Waals surface area (Å²) in [7, 11) is 0. The van der Waals surface area contributed by atoms with Gasteiger partial charge in [0.25, 0.3) is 0 Å². The standard InChI is InChI=1S/C20H19NOS/c1-14-7-11-19(12-8-14)23-15(2)20(22)21-18-10-9-16-5-3-4-6-17(16)13-18/h3-13,15H,1-2H3,(H,21,22)/t15-/m0/s1. The molecule has 23 heavy (non-hydrogen) atoms. The molecule has 1 atom stereocenters. The molecule has 0 unspecified atom stereocenters. The zero-order chi connectivity index (χ0) is 16.2. The maximum atomic E-state index is 12.4. The smallest absolute Gasteiger partial charge is 0.237 e. The largest absolute Gasteiger partial charge is 0.325 e. The normalized spacial score (nSPS) is 12.1. The molecule has 0 spiro atoms. The highest BCUT2D eigenvalue weighted by molar-refractivity contribution is 8.00. The summed E-state index contributed by atoms with van der Waals surface area (Å²) in [6.07, 6.45) is 0. The number of rotatable bonds is 4. The van der Waals surface area contributed by atoms with Gasteiger partial charge >= 0.3 is 0 Å². The Labute approximate surface area is 140 Å². The van der Waals surface area contributed by atoms with Crippen LogP contribution in [-0.2, 0) is 4.79 Å². The van der Waals surface area contributed by atoms with E-state index in [4.69, 9.17) is 0 Å². The third-order valence-corrected chi connectivity index (χ3v) is 4.83. The van der Waals surface area contributed by atoms with Crippen molar-refractivity contribution in [3.8, 4) is 0 Å². The molecule has 0 bridgehead atoms. The van der Waals surface area contributed by atoms with Gasteiger partial charge in [-0.3, -0.25) is 4.79 Å². The van der Waals surface area contributed by atoms with Gasteiger partial charge in [-0.2, -0.15) is 0 Å². The van der Waals surface area contributed by atoms with Gasteiger partial charge in [0.1, 0.15) is 0 Å². The van der Waals surface area contributed by atoms with Crippen LogP contribution in [0.2, 0.25) is 0 Å². The lowest BCUT2D eigenvalue weighted by Gasteiger charge is -2.12. The van der Waals surface area contributed by atoms with Crippen LogP contribution in [0.1, 0.15) is 12.5 Å². The van der Waals surface area contributed by atoms with E-state index >= 15 is 0 Å². The van der Waals surface area contributed by atoms with Crippen molar-refractivity contribution < 1.29 is 4.79 Å². The number of hydrogen-bond donors (Lipinski definition) is 1. The number of carbonyl (C=O) groups excluding carboxylic acids is 1. The average molecular weight is 321 g/mol. The van der Waals surface area contributed by atoms with Gasteiger partial charge < -0.3 is 5.32 Å². The summed E-state index contributed by atoms with van der Waals surface area (Å²) in [4.78, 5) is 13.5. The SMILES string of the molecule is Cc1ccc(S[C@@H](C)C(=O)Nc2ccc3ccccc3c2)cc1. The first-order valence-corrected chi connectivity index (χ1v) is 8.53. The maximum absolute atomic E-state index is 12.4. The third-order valence-electron chi connectivity index (χ3n) is 3.72. The second-order valence-electron chi connectivity index (χ2n) is 5.62. The van der Waals surface area contributed by atoms with Crippen LogP contribution in [0.4, 0.5) is 5.69 Å². The van der Waals surface area contributed by atoms with Crippen LogP contribution in [0, 0.1) is 6.92 Å². The fourth-order valence-corrected chi connectivity index (χ4v) is 3.25. The van der Waals surface area contributed by atoms with E-state index in [1.807, 2.05) is 37.3 Å². The minimum atomic E-state index is -0.149. The van der Waals surface area contributed by atoms with Crippen molar-refractivity contribution in [1.82, 2.24) is 0 Å². The molecule has 0 aliphatic heterocycles. The van der Waals surface area contributed by atoms with E-state index in [9.17, 15) is 4.79 Å². The minimum Gasteiger partial charge on any atom is -0.325 e. The molecular formula is C20H19NOS. The number of nitrogens with one attached hydrogen (secondary N) is 1. The summed E-state index contributed by atoms with van der Waals surface area (Å²) in [5, 5.41) is 5.16. The van der Waals surface area contributed by atoms with Crippen LogP contribution in [0.15, 0.2) is 71.6 Å². The summed E-state index contributed by atoms with van der Waals surface area (Å²) >= 11 is 1.57. The topological polar surface area (TPSA) is 29.1 Å². The molecule has 0 aliphatic rings. The van der Waals surface area contributed by atoms with Gasteiger partial charge in [0, 0.05) is 10.6 Å². The van der Waals surface area contributed by atoms with Gasteiger partial charge in [-0.05, 0) is 48.9 Å². The summed E-state index contributed by atoms with van der Waals surface area (Å²) < 4.78 is 0. The summed E-state index contributed by atoms with van der Waals surface area (Å²) in [6, 6.07) is 22.4. The Bertz CT molecular complexity index is 826. The maximum Gasteiger partial charge on any atom is 0.237 e. The van der Waals surface area contributed by atoms with Crippen molar-refractivity contribution in [2.75, 3.05) is 5.32 Å². The lowest BCUT2D eigenvalue weighted by molar-refractivity contribution is -0.115. The molecule has 0 saturated carbocycles. The molecule has 0 radical (unpaired) electrons. The average Bonchev–Trinajstić information content (AvgIpc) is 2.56. The number of benzene rings is 3. The number of carbonyl (C=O) groups is 1. The molecule has 3 heteroatoms. The zero-order valence-electron chi connectivity index (χ0n) is 13.2. The molecule has 0 heterocycles. The highest BCUT2D eigenvalue weighted by atomic mass is 32.2. The highest BCUT2D eigenvalue weighted by Gasteiger charge is 2.14. The number of fused-ring (bicyclic) bond motifs is 1. The summed E-state index contributed by atoms with van der Waals surface area (Å²) in [5.41, 5.74) is 2.06. The van der Waals surface area contributed by atoms with Crippen LogP contribution in [-0.4, -0.2) is 11.2 Å². The number of thioether (sulfide) groups is 1. The first kappa shape index (κ1) is 15.6. The van der Waals surface area contributed by atoms with Crippen LogP contribution in [0.5, 0.6) is 0 Å². The second kappa shape index (κ2) is 6.88. The van der Waals surface area contributed by atoms with Gasteiger partial charge in [-0.25, -0.2) is 0 Å². The number of anilines is 1. The molecule has 1 amide bonds. The second-order valence-corrected chi connectivity index (χ2v) is 7.04. The Morgan fingerprint density at radius 3 is 2.39 bits per heavy atom. The molecule has 2 nitrogen and oxygen atoms in total. The van der Waals surface area contributed by atoms with Crippen LogP contribution >= 0.6 is 11.8 Å². The molecule has 3 aromatic carbocycles. The zero-order valence-corrected chi connectivity index (χ0v) is 14.1. The van der Waals surface area contributed by atoms with Crippen molar-refractivity contribution in [3.05, 3.63) is 72.3 Å². The van der Waals surface area contributed by atoms with Gasteiger partial charge in [-0.15, -0.1) is 11.8 Å². The van der Waals surface area contributed by atoms with Gasteiger partial charge in [-0.1, -0.05) is 48.0 Å². The predicted molar refractivity (Wildman–Crippen MR) is 99.1 cm³/mol. The first-order valence-electron chi connectivity index (χ1n) is 7.65. The summed E-state index contributed by atoms with van der Waals surface area (Å²) in [5.74, 6) is 0.0193. The Morgan fingerprint density at radius 1 is 0.957 bits per heavy atom. The van der Waals surface area contributed by atoms with Gasteiger partial charge in [0.05, 0.1) is 5.25 Å². The minimum absolute atomic E-state index is 0.0193. The molecule has 3 rings (SSSR count). The molecule has 116 valence electrons. The van der Waals surface area contributed by atoms with Gasteiger partial charge in [0.15, 0.2) is 0 Å². The van der Waals surface area contributed by atoms with Crippen molar-refractivity contribution in [3.63, 3.8) is 0 Å². The van der Waals surface area contributed by atoms with Crippen molar-refractivity contribution in [2.24, 2.45) is 0 Å².